The molecule has 3 N–H and O–H groups in total. The van der Waals surface area contributed by atoms with Crippen molar-refractivity contribution >= 4 is 40.1 Å². The van der Waals surface area contributed by atoms with Gasteiger partial charge in [-0.1, -0.05) is 39.0 Å². The van der Waals surface area contributed by atoms with E-state index >= 15 is 0 Å². The van der Waals surface area contributed by atoms with Gasteiger partial charge in [-0.05, 0) is 47.7 Å². The number of anilines is 4. The van der Waals surface area contributed by atoms with Gasteiger partial charge in [-0.3, -0.25) is 4.79 Å². The maximum absolute atomic E-state index is 13.1. The lowest BCUT2D eigenvalue weighted by atomic mass is 9.87. The van der Waals surface area contributed by atoms with Gasteiger partial charge in [-0.15, -0.1) is 0 Å². The van der Waals surface area contributed by atoms with Crippen LogP contribution in [0.3, 0.4) is 0 Å². The van der Waals surface area contributed by atoms with Crippen molar-refractivity contribution in [2.24, 2.45) is 0 Å². The highest BCUT2D eigenvalue weighted by Crippen LogP contribution is 2.27. The molecule has 1 aliphatic heterocycles. The Bertz CT molecular complexity index is 1440. The zero-order chi connectivity index (χ0) is 26.0. The minimum Gasteiger partial charge on any atom is -0.338 e. The molecule has 5 rings (SSSR count). The predicted octanol–water partition coefficient (Wildman–Crippen LogP) is 4.43. The molecule has 9 heteroatoms. The smallest absolute Gasteiger partial charge is 0.255 e. The van der Waals surface area contributed by atoms with Crippen LogP contribution in [0.25, 0.3) is 11.0 Å². The summed E-state index contributed by atoms with van der Waals surface area (Å²) in [6, 6.07) is 13.6. The van der Waals surface area contributed by atoms with E-state index in [0.717, 1.165) is 48.7 Å². The summed E-state index contributed by atoms with van der Waals surface area (Å²) in [5.41, 5.74) is 5.52. The van der Waals surface area contributed by atoms with Crippen LogP contribution in [0.5, 0.6) is 0 Å². The largest absolute Gasteiger partial charge is 0.338 e. The first-order valence-corrected chi connectivity index (χ1v) is 12.5. The van der Waals surface area contributed by atoms with Crippen molar-refractivity contribution in [3.63, 3.8) is 0 Å². The molecule has 0 spiro atoms. The van der Waals surface area contributed by atoms with Gasteiger partial charge >= 0.3 is 0 Å². The van der Waals surface area contributed by atoms with E-state index in [2.05, 4.69) is 62.6 Å². The summed E-state index contributed by atoms with van der Waals surface area (Å²) in [6.45, 7) is 11.9. The number of nitrogens with one attached hydrogen (secondary N) is 3. The molecule has 37 heavy (non-hydrogen) atoms. The summed E-state index contributed by atoms with van der Waals surface area (Å²) in [4.78, 5) is 33.4. The fourth-order valence-electron chi connectivity index (χ4n) is 4.25. The molecule has 1 saturated heterocycles. The molecule has 2 aromatic carbocycles. The van der Waals surface area contributed by atoms with E-state index < -0.39 is 0 Å². The molecule has 4 aromatic rings. The number of hydrogen-bond acceptors (Lipinski definition) is 8. The summed E-state index contributed by atoms with van der Waals surface area (Å²) < 4.78 is 0. The zero-order valence-electron chi connectivity index (χ0n) is 21.7. The molecular weight excluding hydrogens is 464 g/mol. The molecule has 1 fully saturated rings. The van der Waals surface area contributed by atoms with Crippen molar-refractivity contribution in [2.45, 2.75) is 33.1 Å². The second-order valence-electron chi connectivity index (χ2n) is 10.3. The highest BCUT2D eigenvalue weighted by molar-refractivity contribution is 6.05. The van der Waals surface area contributed by atoms with Crippen LogP contribution in [-0.4, -0.2) is 52.0 Å². The lowest BCUT2D eigenvalue weighted by molar-refractivity contribution is 0.102. The number of carbonyl (C=O) groups is 1. The lowest BCUT2D eigenvalue weighted by Crippen LogP contribution is -2.44. The molecule has 0 bridgehead atoms. The van der Waals surface area contributed by atoms with Crippen LogP contribution in [0.4, 0.5) is 23.1 Å². The first-order chi connectivity index (χ1) is 17.8. The summed E-state index contributed by atoms with van der Waals surface area (Å²) in [5, 5.41) is 9.76. The molecule has 2 aromatic heterocycles. The van der Waals surface area contributed by atoms with Crippen molar-refractivity contribution < 1.29 is 4.79 Å². The topological polar surface area (TPSA) is 108 Å². The summed E-state index contributed by atoms with van der Waals surface area (Å²) in [7, 11) is 0. The zero-order valence-corrected chi connectivity index (χ0v) is 21.7. The second kappa shape index (κ2) is 10.1. The van der Waals surface area contributed by atoms with Gasteiger partial charge in [-0.25, -0.2) is 19.9 Å². The number of benzene rings is 2. The molecule has 0 unspecified atom stereocenters. The molecule has 190 valence electrons. The van der Waals surface area contributed by atoms with E-state index in [1.165, 1.54) is 6.33 Å². The van der Waals surface area contributed by atoms with Crippen molar-refractivity contribution in [1.82, 2.24) is 25.3 Å². The van der Waals surface area contributed by atoms with Gasteiger partial charge in [0, 0.05) is 43.1 Å². The maximum Gasteiger partial charge on any atom is 0.255 e. The number of aryl methyl sites for hydroxylation is 1. The van der Waals surface area contributed by atoms with Gasteiger partial charge < -0.3 is 20.9 Å². The Labute approximate surface area is 216 Å². The minimum absolute atomic E-state index is 0.00366. The monoisotopic (exact) mass is 496 g/mol. The molecule has 9 nitrogen and oxygen atoms in total. The Kier molecular flexibility index (Phi) is 6.71. The molecule has 1 amide bonds. The average molecular weight is 497 g/mol. The number of aromatic nitrogens is 4. The third-order valence-corrected chi connectivity index (χ3v) is 6.50. The van der Waals surface area contributed by atoms with Gasteiger partial charge in [0.2, 0.25) is 5.95 Å². The van der Waals surface area contributed by atoms with Crippen LogP contribution in [0.2, 0.25) is 0 Å². The fraction of sp³-hybridized carbons (Fsp3) is 0.321. The minimum atomic E-state index is -0.176. The first kappa shape index (κ1) is 24.6. The van der Waals surface area contributed by atoms with Crippen molar-refractivity contribution in [1.29, 1.82) is 0 Å². The number of carbonyl (C=O) groups excluding carboxylic acids is 1. The van der Waals surface area contributed by atoms with Crippen molar-refractivity contribution in [2.75, 3.05) is 41.7 Å². The molecule has 0 aliphatic carbocycles. The number of amides is 1. The standard InChI is InChI=1S/C28H32N8O/c1-18-8-9-19(26(37)33-21-7-5-6-20(15-21)28(2,3)4)14-22(18)34-25-24-23(31-17-32-25)16-30-27(35-24)36-12-10-29-11-13-36/h5-9,14-17,29H,10-13H2,1-4H3,(H,33,37)(H,31,32,34). The number of nitrogens with zero attached hydrogens (tertiary/aromatic N) is 5. The van der Waals surface area contributed by atoms with Crippen molar-refractivity contribution in [3.8, 4) is 0 Å². The fourth-order valence-corrected chi connectivity index (χ4v) is 4.25. The number of rotatable bonds is 5. The van der Waals surface area contributed by atoms with Crippen molar-refractivity contribution in [3.05, 3.63) is 71.7 Å². The summed E-state index contributed by atoms with van der Waals surface area (Å²) in [6.07, 6.45) is 3.22. The Morgan fingerprint density at radius 1 is 1.03 bits per heavy atom. The Morgan fingerprint density at radius 2 is 1.84 bits per heavy atom. The number of fused-ring (bicyclic) bond motifs is 1. The Hall–Kier alpha value is -4.11. The van der Waals surface area contributed by atoms with Crippen LogP contribution in [-0.2, 0) is 5.41 Å². The normalized spacial score (nSPS) is 14.0. The molecule has 0 radical (unpaired) electrons. The van der Waals surface area contributed by atoms with Crippen LogP contribution >= 0.6 is 0 Å². The Balaban J connectivity index is 1.41. The van der Waals surface area contributed by atoms with E-state index in [9.17, 15) is 4.79 Å². The van der Waals surface area contributed by atoms with E-state index in [1.54, 1.807) is 6.20 Å². The average Bonchev–Trinajstić information content (AvgIpc) is 2.90. The van der Waals surface area contributed by atoms with E-state index in [4.69, 9.17) is 4.98 Å². The van der Waals surface area contributed by atoms with E-state index in [0.29, 0.717) is 28.4 Å². The van der Waals surface area contributed by atoms with Gasteiger partial charge in [0.25, 0.3) is 5.91 Å². The summed E-state index contributed by atoms with van der Waals surface area (Å²) >= 11 is 0. The second-order valence-corrected chi connectivity index (χ2v) is 10.3. The van der Waals surface area contributed by atoms with E-state index in [-0.39, 0.29) is 11.3 Å². The van der Waals surface area contributed by atoms with Gasteiger partial charge in [0.05, 0.1) is 6.20 Å². The molecule has 3 heterocycles. The van der Waals surface area contributed by atoms with Gasteiger partial charge in [0.1, 0.15) is 17.4 Å². The Morgan fingerprint density at radius 3 is 2.62 bits per heavy atom. The molecule has 1 aliphatic rings. The first-order valence-electron chi connectivity index (χ1n) is 12.5. The van der Waals surface area contributed by atoms with E-state index in [1.807, 2.05) is 43.3 Å². The molecule has 0 saturated carbocycles. The van der Waals surface area contributed by atoms with Gasteiger partial charge in [-0.2, -0.15) is 0 Å². The number of hydrogen-bond donors (Lipinski definition) is 3. The van der Waals surface area contributed by atoms with Crippen LogP contribution < -0.4 is 20.9 Å². The maximum atomic E-state index is 13.1. The van der Waals surface area contributed by atoms with Crippen LogP contribution in [0.1, 0.15) is 42.3 Å². The van der Waals surface area contributed by atoms with Crippen LogP contribution in [0, 0.1) is 6.92 Å². The lowest BCUT2D eigenvalue weighted by Gasteiger charge is -2.27. The summed E-state index contributed by atoms with van der Waals surface area (Å²) in [5.74, 6) is 1.06. The highest BCUT2D eigenvalue weighted by atomic mass is 16.1. The predicted molar refractivity (Wildman–Crippen MR) is 148 cm³/mol. The molecule has 0 atom stereocenters. The SMILES string of the molecule is Cc1ccc(C(=O)Nc2cccc(C(C)(C)C)c2)cc1Nc1ncnc2cnc(N3CCNCC3)nc12. The highest BCUT2D eigenvalue weighted by Gasteiger charge is 2.17. The quantitative estimate of drug-likeness (QED) is 0.372. The molecular formula is C28H32N8O. The third kappa shape index (κ3) is 5.51. The number of piperazine rings is 1. The van der Waals surface area contributed by atoms with Crippen LogP contribution in [0.15, 0.2) is 55.0 Å². The third-order valence-electron chi connectivity index (χ3n) is 6.50. The van der Waals surface area contributed by atoms with Gasteiger partial charge in [0.15, 0.2) is 5.82 Å².